The maximum atomic E-state index is 15.3. The highest BCUT2D eigenvalue weighted by atomic mass is 32.2. The molecule has 4 aromatic rings. The summed E-state index contributed by atoms with van der Waals surface area (Å²) in [6.45, 7) is 2.91. The molecule has 7 heterocycles. The van der Waals surface area contributed by atoms with E-state index in [9.17, 15) is 89.7 Å². The van der Waals surface area contributed by atoms with E-state index in [0.717, 1.165) is 61.2 Å². The van der Waals surface area contributed by atoms with Crippen molar-refractivity contribution in [3.05, 3.63) is 56.8 Å². The van der Waals surface area contributed by atoms with Crippen LogP contribution in [0, 0.1) is 6.92 Å². The molecule has 0 spiro atoms. The highest BCUT2D eigenvalue weighted by Crippen LogP contribution is 2.36. The molecule has 0 aromatic carbocycles. The molecule has 4 aromatic heterocycles. The fourth-order valence-electron chi connectivity index (χ4n) is 11.0. The van der Waals surface area contributed by atoms with E-state index in [-0.39, 0.29) is 43.6 Å². The Hall–Kier alpha value is -7.54. The summed E-state index contributed by atoms with van der Waals surface area (Å²) in [6.07, 6.45) is -32.7. The number of amides is 8. The molecule has 25 atom stereocenters. The monoisotopic (exact) mass is 1580 g/mol. The number of aromatic nitrogens is 6. The van der Waals surface area contributed by atoms with Crippen molar-refractivity contribution in [3.8, 4) is 10.7 Å². The predicted molar refractivity (Wildman–Crippen MR) is 370 cm³/mol. The number of imidazole rings is 1. The SMILES string of the molecule is Cc1c(N)nc(C(CC(N)=O)NCC(N)C(N)=O)nc1C(=O)NC(C(=O)NC(C)C(O)CC(=O)NC(C(=O)NC(OC1OC(C)C(N)C(O)C1O)C(O)c1nc(-c2nc(C(=O)NCCC[S+](C)C)cs2)cs1)C(C)O)C(OC1OC(CO)C(O)C(O)C1OC1OC(CO)C(O)C(OC(N)=O)C1O)c1cnc[nH]1. The summed E-state index contributed by atoms with van der Waals surface area (Å²) in [5.41, 5.74) is 33.5. The van der Waals surface area contributed by atoms with Crippen molar-refractivity contribution in [2.24, 2.45) is 28.7 Å². The average Bonchev–Trinajstić information content (AvgIpc) is 1.31. The minimum absolute atomic E-state index is 0.102. The Balaban J connectivity index is 1.18. The summed E-state index contributed by atoms with van der Waals surface area (Å²) in [5, 5.41) is 140. The number of nitrogens with zero attached hydrogens (tertiary/aromatic N) is 5. The zero-order valence-corrected chi connectivity index (χ0v) is 60.8. The molecule has 3 fully saturated rings. The number of anilines is 1. The lowest BCUT2D eigenvalue weighted by Crippen LogP contribution is -2.65. The third-order valence-corrected chi connectivity index (χ3v) is 20.1. The van der Waals surface area contributed by atoms with E-state index in [4.69, 9.17) is 67.6 Å². The number of aliphatic hydroxyl groups is 11. The zero-order valence-electron chi connectivity index (χ0n) is 58.4. The number of carbonyl (C=O) groups is 8. The standard InChI is InChI=1S/C60H92N18O26S3/c1-19-34(75-49(77-47(19)64)24(10-31(62)83)69-12-23(61)48(65)92)51(94)76-36(44(25-13-67-18-70-25)101-59-46(40(88)37(85)29(14-79)100-59)102-58-42(90)45(103-60(66)97)38(86)30(15-80)99-58)53(96)71-20(2)28(82)11-32(84)74-35(21(3)81)52(95)78-54(104-57-41(89)39(87)33(63)22(4)98-57)43(91)56-73-27(17-106-56)55-72-26(16-105-55)50(93)68-8-7-9-107(5)6/h13,16-18,20-24,28-30,33,35-46,54,57-59,69,79-82,85-91H,7-12,14-15,61,63H2,1-6H3,(H13-,62,64,65,66,67,68,70,71,74,75,76,77,78,83,84,92,93,94,95,96,97)/p+1. The Morgan fingerprint density at radius 2 is 1.42 bits per heavy atom. The van der Waals surface area contributed by atoms with Crippen LogP contribution in [0.2, 0.25) is 0 Å². The van der Waals surface area contributed by atoms with Gasteiger partial charge in [-0.3, -0.25) is 33.6 Å². The number of ether oxygens (including phenoxy) is 7. The van der Waals surface area contributed by atoms with Gasteiger partial charge in [-0.1, -0.05) is 0 Å². The van der Waals surface area contributed by atoms with Crippen LogP contribution in [-0.4, -0.2) is 313 Å². The molecular weight excluding hydrogens is 1480 g/mol. The third-order valence-electron chi connectivity index (χ3n) is 17.2. The number of carbonyl (C=O) groups excluding carboxylic acids is 8. The first-order valence-electron chi connectivity index (χ1n) is 33.1. The van der Waals surface area contributed by atoms with Crippen LogP contribution in [0.15, 0.2) is 23.3 Å². The van der Waals surface area contributed by atoms with Gasteiger partial charge in [0, 0.05) is 42.3 Å². The number of nitrogens with two attached hydrogens (primary N) is 6. The fraction of sp³-hybridized carbons (Fsp3) is 0.650. The maximum Gasteiger partial charge on any atom is 0.404 e. The van der Waals surface area contributed by atoms with Crippen LogP contribution >= 0.6 is 22.7 Å². The van der Waals surface area contributed by atoms with Crippen molar-refractivity contribution < 1.29 is 128 Å². The summed E-state index contributed by atoms with van der Waals surface area (Å²) in [5.74, 6) is -7.32. The summed E-state index contributed by atoms with van der Waals surface area (Å²) >= 11 is 1.92. The topological polar surface area (TPSA) is 732 Å². The molecule has 47 heteroatoms. The van der Waals surface area contributed by atoms with Gasteiger partial charge in [-0.25, -0.2) is 29.7 Å². The number of primary amides is 3. The van der Waals surface area contributed by atoms with Gasteiger partial charge in [0.2, 0.25) is 29.5 Å². The molecule has 8 amide bonds. The first kappa shape index (κ1) is 86.7. The Morgan fingerprint density at radius 3 is 2.05 bits per heavy atom. The van der Waals surface area contributed by atoms with E-state index in [1.165, 1.54) is 24.6 Å². The van der Waals surface area contributed by atoms with E-state index in [0.29, 0.717) is 6.54 Å². The highest BCUT2D eigenvalue weighted by Gasteiger charge is 2.54. The molecule has 3 aliphatic rings. The lowest BCUT2D eigenvalue weighted by atomic mass is 9.97. The van der Waals surface area contributed by atoms with Crippen molar-refractivity contribution in [2.45, 2.75) is 200 Å². The van der Waals surface area contributed by atoms with Gasteiger partial charge in [0.1, 0.15) is 118 Å². The van der Waals surface area contributed by atoms with Crippen LogP contribution in [0.5, 0.6) is 0 Å². The summed E-state index contributed by atoms with van der Waals surface area (Å²) in [6, 6.07) is -9.64. The van der Waals surface area contributed by atoms with Crippen LogP contribution in [0.25, 0.3) is 10.7 Å². The van der Waals surface area contributed by atoms with Crippen LogP contribution in [0.4, 0.5) is 10.6 Å². The second kappa shape index (κ2) is 39.2. The average molecular weight is 1580 g/mol. The molecule has 0 bridgehead atoms. The van der Waals surface area contributed by atoms with Crippen molar-refractivity contribution in [1.82, 2.24) is 61.8 Å². The fourth-order valence-corrected chi connectivity index (χ4v) is 13.4. The number of aliphatic hydroxyl groups excluding tert-OH is 11. The number of rotatable bonds is 37. The molecule has 596 valence electrons. The number of nitrogen functional groups attached to an aromatic ring is 1. The number of hydrogen-bond donors (Lipinski definition) is 24. The molecule has 3 aliphatic heterocycles. The zero-order chi connectivity index (χ0) is 79.2. The van der Waals surface area contributed by atoms with Crippen LogP contribution in [-0.2, 0) is 68.0 Å². The van der Waals surface area contributed by atoms with Gasteiger partial charge in [0.25, 0.3) is 11.8 Å². The van der Waals surface area contributed by atoms with E-state index >= 15 is 4.79 Å². The molecule has 25 unspecified atom stereocenters. The molecule has 0 radical (unpaired) electrons. The number of hydrogen-bond acceptors (Lipinski definition) is 37. The van der Waals surface area contributed by atoms with Gasteiger partial charge in [0.05, 0.1) is 92.8 Å². The molecule has 44 nitrogen and oxygen atoms in total. The van der Waals surface area contributed by atoms with Gasteiger partial charge >= 0.3 is 6.09 Å². The van der Waals surface area contributed by atoms with Gasteiger partial charge in [0.15, 0.2) is 37.3 Å². The quantitative estimate of drug-likeness (QED) is 0.0113. The van der Waals surface area contributed by atoms with Crippen molar-refractivity contribution in [2.75, 3.05) is 50.3 Å². The normalized spacial score (nSPS) is 27.4. The van der Waals surface area contributed by atoms with Gasteiger partial charge < -0.3 is 161 Å². The maximum absolute atomic E-state index is 15.3. The largest absolute Gasteiger partial charge is 0.441 e. The molecule has 3 saturated heterocycles. The minimum Gasteiger partial charge on any atom is -0.441 e. The second-order valence-corrected chi connectivity index (χ2v) is 29.7. The van der Waals surface area contributed by atoms with E-state index in [1.807, 2.05) is 0 Å². The van der Waals surface area contributed by atoms with Crippen molar-refractivity contribution >= 4 is 86.8 Å². The first-order valence-corrected chi connectivity index (χ1v) is 37.0. The van der Waals surface area contributed by atoms with Crippen molar-refractivity contribution in [3.63, 3.8) is 0 Å². The van der Waals surface area contributed by atoms with E-state index in [1.54, 1.807) is 0 Å². The summed E-state index contributed by atoms with van der Waals surface area (Å²) in [4.78, 5) is 132. The molecule has 0 aliphatic carbocycles. The van der Waals surface area contributed by atoms with Gasteiger partial charge in [-0.15, -0.1) is 22.7 Å². The Morgan fingerprint density at radius 1 is 0.748 bits per heavy atom. The van der Waals surface area contributed by atoms with E-state index in [2.05, 4.69) is 74.3 Å². The minimum atomic E-state index is -2.26. The number of aromatic amines is 1. The lowest BCUT2D eigenvalue weighted by Gasteiger charge is -2.47. The second-order valence-electron chi connectivity index (χ2n) is 25.6. The van der Waals surface area contributed by atoms with Crippen molar-refractivity contribution in [1.29, 1.82) is 0 Å². The predicted octanol–water partition coefficient (Wildman–Crippen LogP) is -10.3. The Bertz CT molecular complexity index is 3650. The van der Waals surface area contributed by atoms with E-state index < -0.39 is 250 Å². The smallest absolute Gasteiger partial charge is 0.404 e. The number of nitrogens with one attached hydrogen (secondary N) is 7. The molecule has 7 rings (SSSR count). The number of H-pyrrole nitrogens is 1. The number of thiazole rings is 2. The van der Waals surface area contributed by atoms with Crippen LogP contribution in [0.3, 0.4) is 0 Å². The Labute approximate surface area is 620 Å². The van der Waals surface area contributed by atoms with Crippen LogP contribution in [0.1, 0.15) is 101 Å². The lowest BCUT2D eigenvalue weighted by molar-refractivity contribution is -0.372. The Kier molecular flexibility index (Phi) is 31.8. The van der Waals surface area contributed by atoms with Crippen LogP contribution < -0.4 is 66.3 Å². The summed E-state index contributed by atoms with van der Waals surface area (Å²) in [7, 11) is 0.176. The summed E-state index contributed by atoms with van der Waals surface area (Å²) < 4.78 is 40.4. The molecule has 107 heavy (non-hydrogen) atoms. The molecular formula is C60H93N18O26S3+. The highest BCUT2D eigenvalue weighted by molar-refractivity contribution is 7.95. The molecule has 0 saturated carbocycles. The molecule has 30 N–H and O–H groups in total. The first-order chi connectivity index (χ1) is 50.4. The van der Waals surface area contributed by atoms with Gasteiger partial charge in [-0.2, -0.15) is 0 Å². The van der Waals surface area contributed by atoms with Gasteiger partial charge in [-0.05, 0) is 38.6 Å². The third kappa shape index (κ3) is 22.6.